The Labute approximate surface area is 87.7 Å². The van der Waals surface area contributed by atoms with Gasteiger partial charge in [-0.05, 0) is 29.8 Å². The normalized spacial score (nSPS) is 10.1. The Balaban J connectivity index is 2.22. The molecule has 0 radical (unpaired) electrons. The molecule has 0 aliphatic carbocycles. The van der Waals surface area contributed by atoms with Crippen LogP contribution in [0, 0.1) is 0 Å². The summed E-state index contributed by atoms with van der Waals surface area (Å²) in [5.41, 5.74) is 1.85. The van der Waals surface area contributed by atoms with Gasteiger partial charge in [0.1, 0.15) is 0 Å². The molecule has 1 heterocycles. The van der Waals surface area contributed by atoms with E-state index >= 15 is 0 Å². The van der Waals surface area contributed by atoms with Gasteiger partial charge >= 0.3 is 0 Å². The Morgan fingerprint density at radius 2 is 1.87 bits per heavy atom. The van der Waals surface area contributed by atoms with Gasteiger partial charge in [-0.3, -0.25) is 4.98 Å². The minimum atomic E-state index is -0.0974. The lowest BCUT2D eigenvalue weighted by Crippen LogP contribution is -1.90. The van der Waals surface area contributed by atoms with E-state index in [4.69, 9.17) is 5.11 Å². The first-order chi connectivity index (χ1) is 7.25. The second-order valence-corrected chi connectivity index (χ2v) is 3.32. The van der Waals surface area contributed by atoms with E-state index in [1.165, 1.54) is 6.07 Å². The lowest BCUT2D eigenvalue weighted by atomic mass is 10.1. The van der Waals surface area contributed by atoms with Crippen LogP contribution in [0.2, 0.25) is 0 Å². The smallest absolute Gasteiger partial charge is 0.157 e. The molecular formula is C12H11NO2. The first kappa shape index (κ1) is 9.52. The number of rotatable bonds is 2. The molecule has 0 atom stereocenters. The van der Waals surface area contributed by atoms with Crippen molar-refractivity contribution in [2.45, 2.75) is 6.42 Å². The zero-order chi connectivity index (χ0) is 10.7. The fourth-order valence-corrected chi connectivity index (χ4v) is 1.39. The summed E-state index contributed by atoms with van der Waals surface area (Å²) in [6, 6.07) is 10.5. The predicted octanol–water partition coefficient (Wildman–Crippen LogP) is 2.08. The molecule has 0 unspecified atom stereocenters. The molecule has 0 spiro atoms. The highest BCUT2D eigenvalue weighted by molar-refractivity contribution is 5.41. The summed E-state index contributed by atoms with van der Waals surface area (Å²) >= 11 is 0. The number of nitrogens with zero attached hydrogens (tertiary/aromatic N) is 1. The van der Waals surface area contributed by atoms with E-state index in [1.807, 2.05) is 18.2 Å². The lowest BCUT2D eigenvalue weighted by Gasteiger charge is -2.02. The molecule has 1 aromatic heterocycles. The van der Waals surface area contributed by atoms with E-state index in [0.717, 1.165) is 11.3 Å². The fourth-order valence-electron chi connectivity index (χ4n) is 1.39. The van der Waals surface area contributed by atoms with Crippen molar-refractivity contribution in [1.29, 1.82) is 0 Å². The summed E-state index contributed by atoms with van der Waals surface area (Å²) in [7, 11) is 0. The van der Waals surface area contributed by atoms with E-state index in [2.05, 4.69) is 4.98 Å². The molecule has 0 amide bonds. The topological polar surface area (TPSA) is 53.4 Å². The van der Waals surface area contributed by atoms with Gasteiger partial charge in [0.2, 0.25) is 0 Å². The van der Waals surface area contributed by atoms with Gasteiger partial charge < -0.3 is 10.2 Å². The van der Waals surface area contributed by atoms with Crippen LogP contribution >= 0.6 is 0 Å². The van der Waals surface area contributed by atoms with Crippen LogP contribution in [0.15, 0.2) is 42.6 Å². The number of hydrogen-bond acceptors (Lipinski definition) is 3. The van der Waals surface area contributed by atoms with Crippen LogP contribution in [-0.4, -0.2) is 15.2 Å². The number of benzene rings is 1. The third-order valence-corrected chi connectivity index (χ3v) is 2.15. The zero-order valence-electron chi connectivity index (χ0n) is 8.09. The number of phenolic OH excluding ortho intramolecular Hbond substituents is 2. The molecule has 2 rings (SSSR count). The highest BCUT2D eigenvalue weighted by atomic mass is 16.3. The van der Waals surface area contributed by atoms with Crippen molar-refractivity contribution in [3.8, 4) is 11.5 Å². The van der Waals surface area contributed by atoms with E-state index < -0.39 is 0 Å². The van der Waals surface area contributed by atoms with Crippen molar-refractivity contribution < 1.29 is 10.2 Å². The third kappa shape index (κ3) is 2.26. The van der Waals surface area contributed by atoms with Gasteiger partial charge in [-0.15, -0.1) is 0 Å². The van der Waals surface area contributed by atoms with Gasteiger partial charge in [-0.2, -0.15) is 0 Å². The van der Waals surface area contributed by atoms with Gasteiger partial charge in [-0.1, -0.05) is 12.1 Å². The standard InChI is InChI=1S/C12H11NO2/c14-11-5-4-9(8-12(11)15)7-10-3-1-2-6-13-10/h1-6,8,14-15H,7H2. The molecule has 15 heavy (non-hydrogen) atoms. The molecule has 0 bridgehead atoms. The highest BCUT2D eigenvalue weighted by Gasteiger charge is 2.01. The van der Waals surface area contributed by atoms with Gasteiger partial charge in [0.25, 0.3) is 0 Å². The van der Waals surface area contributed by atoms with Gasteiger partial charge in [-0.25, -0.2) is 0 Å². The van der Waals surface area contributed by atoms with Crippen molar-refractivity contribution in [1.82, 2.24) is 4.98 Å². The molecule has 76 valence electrons. The summed E-state index contributed by atoms with van der Waals surface area (Å²) in [6.45, 7) is 0. The average molecular weight is 201 g/mol. The van der Waals surface area contributed by atoms with Crippen molar-refractivity contribution >= 4 is 0 Å². The number of phenols is 2. The minimum Gasteiger partial charge on any atom is -0.504 e. The Bertz CT molecular complexity index is 454. The van der Waals surface area contributed by atoms with E-state index in [9.17, 15) is 5.11 Å². The van der Waals surface area contributed by atoms with E-state index in [-0.39, 0.29) is 11.5 Å². The summed E-state index contributed by atoms with van der Waals surface area (Å²) in [5.74, 6) is -0.191. The highest BCUT2D eigenvalue weighted by Crippen LogP contribution is 2.25. The van der Waals surface area contributed by atoms with Crippen LogP contribution in [0.3, 0.4) is 0 Å². The van der Waals surface area contributed by atoms with Crippen LogP contribution in [0.4, 0.5) is 0 Å². The van der Waals surface area contributed by atoms with Crippen LogP contribution in [0.1, 0.15) is 11.3 Å². The second-order valence-electron chi connectivity index (χ2n) is 3.32. The number of aromatic nitrogens is 1. The van der Waals surface area contributed by atoms with E-state index in [1.54, 1.807) is 18.3 Å². The molecule has 2 aromatic rings. The second kappa shape index (κ2) is 4.00. The van der Waals surface area contributed by atoms with Gasteiger partial charge in [0, 0.05) is 18.3 Å². The zero-order valence-corrected chi connectivity index (χ0v) is 8.09. The van der Waals surface area contributed by atoms with Crippen LogP contribution in [0.5, 0.6) is 11.5 Å². The maximum atomic E-state index is 9.31. The molecular weight excluding hydrogens is 190 g/mol. The molecule has 0 saturated heterocycles. The van der Waals surface area contributed by atoms with Crippen molar-refractivity contribution in [3.05, 3.63) is 53.9 Å². The Kier molecular flexibility index (Phi) is 2.54. The quantitative estimate of drug-likeness (QED) is 0.731. The fraction of sp³-hybridized carbons (Fsp3) is 0.0833. The SMILES string of the molecule is Oc1ccc(Cc2ccccn2)cc1O. The molecule has 1 aromatic carbocycles. The maximum absolute atomic E-state index is 9.31. The maximum Gasteiger partial charge on any atom is 0.157 e. The van der Waals surface area contributed by atoms with Crippen LogP contribution in [-0.2, 0) is 6.42 Å². The molecule has 0 saturated carbocycles. The Morgan fingerprint density at radius 3 is 2.53 bits per heavy atom. The van der Waals surface area contributed by atoms with Crippen molar-refractivity contribution in [3.63, 3.8) is 0 Å². The number of hydrogen-bond donors (Lipinski definition) is 2. The first-order valence-electron chi connectivity index (χ1n) is 4.66. The molecule has 0 aliphatic heterocycles. The van der Waals surface area contributed by atoms with Gasteiger partial charge in [0.15, 0.2) is 11.5 Å². The Hall–Kier alpha value is -2.03. The van der Waals surface area contributed by atoms with Crippen molar-refractivity contribution in [2.24, 2.45) is 0 Å². The van der Waals surface area contributed by atoms with E-state index in [0.29, 0.717) is 6.42 Å². The Morgan fingerprint density at radius 1 is 1.00 bits per heavy atom. The molecule has 0 fully saturated rings. The first-order valence-corrected chi connectivity index (χ1v) is 4.66. The van der Waals surface area contributed by atoms with Crippen molar-refractivity contribution in [2.75, 3.05) is 0 Å². The summed E-state index contributed by atoms with van der Waals surface area (Å²) in [5, 5.41) is 18.5. The summed E-state index contributed by atoms with van der Waals surface area (Å²) in [6.07, 6.45) is 2.38. The predicted molar refractivity (Wildman–Crippen MR) is 56.8 cm³/mol. The van der Waals surface area contributed by atoms with Crippen LogP contribution in [0.25, 0.3) is 0 Å². The lowest BCUT2D eigenvalue weighted by molar-refractivity contribution is 0.403. The average Bonchev–Trinajstić information content (AvgIpc) is 2.25. The summed E-state index contributed by atoms with van der Waals surface area (Å²) < 4.78 is 0. The molecule has 3 nitrogen and oxygen atoms in total. The molecule has 0 aliphatic rings. The van der Waals surface area contributed by atoms with Gasteiger partial charge in [0.05, 0.1) is 0 Å². The molecule has 3 heteroatoms. The third-order valence-electron chi connectivity index (χ3n) is 2.15. The van der Waals surface area contributed by atoms with Crippen LogP contribution < -0.4 is 0 Å². The minimum absolute atomic E-state index is 0.0940. The molecule has 2 N–H and O–H groups in total. The summed E-state index contributed by atoms with van der Waals surface area (Å²) in [4.78, 5) is 4.18. The largest absolute Gasteiger partial charge is 0.504 e. The number of aromatic hydroxyl groups is 2. The number of pyridine rings is 1. The monoisotopic (exact) mass is 201 g/mol.